The zero-order valence-corrected chi connectivity index (χ0v) is 12.3. The van der Waals surface area contributed by atoms with Gasteiger partial charge in [0.05, 0.1) is 12.2 Å². The van der Waals surface area contributed by atoms with Gasteiger partial charge in [0.15, 0.2) is 6.10 Å². The minimum Gasteiger partial charge on any atom is -0.479 e. The molecule has 2 aromatic carbocycles. The number of rotatable bonds is 2. The molecule has 1 aliphatic heterocycles. The molecule has 0 aliphatic carbocycles. The largest absolute Gasteiger partial charge is 0.479 e. The summed E-state index contributed by atoms with van der Waals surface area (Å²) in [7, 11) is 0. The summed E-state index contributed by atoms with van der Waals surface area (Å²) in [6.07, 6.45) is -0.524. The first kappa shape index (κ1) is 13.8. The molecule has 1 amide bonds. The first-order chi connectivity index (χ1) is 10.1. The third-order valence-electron chi connectivity index (χ3n) is 3.54. The summed E-state index contributed by atoms with van der Waals surface area (Å²) in [4.78, 5) is 14.1. The Bertz CT molecular complexity index is 682. The number of hydrogen-bond donors (Lipinski definition) is 1. The fourth-order valence-electron chi connectivity index (χ4n) is 2.42. The van der Waals surface area contributed by atoms with E-state index in [0.29, 0.717) is 23.0 Å². The Kier molecular flexibility index (Phi) is 3.47. The molecule has 0 spiro atoms. The number of para-hydroxylation sites is 2. The monoisotopic (exact) mass is 302 g/mol. The van der Waals surface area contributed by atoms with Crippen LogP contribution in [0.5, 0.6) is 5.75 Å². The second-order valence-corrected chi connectivity index (χ2v) is 5.37. The molecule has 0 saturated heterocycles. The van der Waals surface area contributed by atoms with Crippen molar-refractivity contribution >= 4 is 28.9 Å². The molecule has 1 unspecified atom stereocenters. The van der Waals surface area contributed by atoms with Gasteiger partial charge < -0.3 is 15.4 Å². The average Bonchev–Trinajstić information content (AvgIpc) is 2.46. The summed E-state index contributed by atoms with van der Waals surface area (Å²) < 4.78 is 5.62. The van der Waals surface area contributed by atoms with Crippen LogP contribution in [-0.4, -0.2) is 12.0 Å². The second kappa shape index (κ2) is 5.30. The standard InChI is InChI=1S/C16H15ClN2O2/c1-10-16(20)19(14-7-2-3-8-15(14)21-10)9-11-12(17)5-4-6-13(11)18/h2-8,10H,9,18H2,1H3. The predicted molar refractivity (Wildman–Crippen MR) is 83.6 cm³/mol. The zero-order valence-electron chi connectivity index (χ0n) is 11.5. The predicted octanol–water partition coefficient (Wildman–Crippen LogP) is 3.24. The molecule has 21 heavy (non-hydrogen) atoms. The number of halogens is 1. The highest BCUT2D eigenvalue weighted by atomic mass is 35.5. The Morgan fingerprint density at radius 1 is 1.24 bits per heavy atom. The van der Waals surface area contributed by atoms with Crippen LogP contribution in [0.15, 0.2) is 42.5 Å². The highest BCUT2D eigenvalue weighted by Crippen LogP contribution is 2.36. The number of carbonyl (C=O) groups is 1. The lowest BCUT2D eigenvalue weighted by atomic mass is 10.1. The number of nitrogens with zero attached hydrogens (tertiary/aromatic N) is 1. The van der Waals surface area contributed by atoms with E-state index in [1.165, 1.54) is 0 Å². The molecule has 4 nitrogen and oxygen atoms in total. The molecule has 1 aliphatic rings. The van der Waals surface area contributed by atoms with Crippen molar-refractivity contribution in [3.63, 3.8) is 0 Å². The van der Waals surface area contributed by atoms with Crippen molar-refractivity contribution < 1.29 is 9.53 Å². The minimum atomic E-state index is -0.524. The molecular formula is C16H15ClN2O2. The maximum absolute atomic E-state index is 12.4. The molecule has 0 saturated carbocycles. The van der Waals surface area contributed by atoms with Crippen molar-refractivity contribution in [3.05, 3.63) is 53.1 Å². The van der Waals surface area contributed by atoms with Crippen LogP contribution in [0.3, 0.4) is 0 Å². The summed E-state index contributed by atoms with van der Waals surface area (Å²) in [5.74, 6) is 0.586. The molecule has 2 aromatic rings. The Morgan fingerprint density at radius 3 is 2.76 bits per heavy atom. The van der Waals surface area contributed by atoms with Crippen molar-refractivity contribution in [2.75, 3.05) is 10.6 Å². The molecule has 1 heterocycles. The van der Waals surface area contributed by atoms with Gasteiger partial charge in [0, 0.05) is 16.3 Å². The molecule has 5 heteroatoms. The van der Waals surface area contributed by atoms with Crippen LogP contribution in [0.25, 0.3) is 0 Å². The highest BCUT2D eigenvalue weighted by Gasteiger charge is 2.31. The number of benzene rings is 2. The molecule has 108 valence electrons. The third kappa shape index (κ3) is 2.43. The molecule has 2 N–H and O–H groups in total. The fraction of sp³-hybridized carbons (Fsp3) is 0.188. The molecule has 3 rings (SSSR count). The van der Waals surface area contributed by atoms with Gasteiger partial charge in [0.2, 0.25) is 0 Å². The van der Waals surface area contributed by atoms with Gasteiger partial charge in [-0.1, -0.05) is 29.8 Å². The van der Waals surface area contributed by atoms with E-state index in [1.807, 2.05) is 24.3 Å². The van der Waals surface area contributed by atoms with Gasteiger partial charge in [-0.05, 0) is 31.2 Å². The number of ether oxygens (including phenoxy) is 1. The van der Waals surface area contributed by atoms with Gasteiger partial charge in [0.25, 0.3) is 5.91 Å². The number of nitrogen functional groups attached to an aromatic ring is 1. The minimum absolute atomic E-state index is 0.104. The number of nitrogens with two attached hydrogens (primary N) is 1. The normalized spacial score (nSPS) is 17.3. The van der Waals surface area contributed by atoms with Crippen LogP contribution < -0.4 is 15.4 Å². The Hall–Kier alpha value is -2.20. The van der Waals surface area contributed by atoms with Crippen molar-refractivity contribution in [2.45, 2.75) is 19.6 Å². The SMILES string of the molecule is CC1Oc2ccccc2N(Cc2c(N)cccc2Cl)C1=O. The maximum Gasteiger partial charge on any atom is 0.268 e. The van der Waals surface area contributed by atoms with Crippen LogP contribution in [-0.2, 0) is 11.3 Å². The van der Waals surface area contributed by atoms with Gasteiger partial charge in [-0.3, -0.25) is 4.79 Å². The number of anilines is 2. The zero-order chi connectivity index (χ0) is 15.0. The Labute approximate surface area is 128 Å². The average molecular weight is 303 g/mol. The summed E-state index contributed by atoms with van der Waals surface area (Å²) in [5, 5.41) is 0.555. The van der Waals surface area contributed by atoms with Gasteiger partial charge >= 0.3 is 0 Å². The van der Waals surface area contributed by atoms with Gasteiger partial charge in [-0.15, -0.1) is 0 Å². The number of carbonyl (C=O) groups excluding carboxylic acids is 1. The van der Waals surface area contributed by atoms with Crippen LogP contribution in [0.2, 0.25) is 5.02 Å². The lowest BCUT2D eigenvalue weighted by Crippen LogP contribution is -2.44. The molecule has 0 aromatic heterocycles. The fourth-order valence-corrected chi connectivity index (χ4v) is 2.66. The van der Waals surface area contributed by atoms with Crippen LogP contribution in [0, 0.1) is 0 Å². The van der Waals surface area contributed by atoms with Crippen molar-refractivity contribution in [1.29, 1.82) is 0 Å². The smallest absolute Gasteiger partial charge is 0.268 e. The lowest BCUT2D eigenvalue weighted by molar-refractivity contribution is -0.125. The number of fused-ring (bicyclic) bond motifs is 1. The van der Waals surface area contributed by atoms with E-state index in [4.69, 9.17) is 22.1 Å². The van der Waals surface area contributed by atoms with Crippen LogP contribution >= 0.6 is 11.6 Å². The van der Waals surface area contributed by atoms with E-state index in [-0.39, 0.29) is 5.91 Å². The highest BCUT2D eigenvalue weighted by molar-refractivity contribution is 6.31. The van der Waals surface area contributed by atoms with E-state index >= 15 is 0 Å². The maximum atomic E-state index is 12.4. The quantitative estimate of drug-likeness (QED) is 0.867. The first-order valence-corrected chi connectivity index (χ1v) is 7.05. The lowest BCUT2D eigenvalue weighted by Gasteiger charge is -2.33. The topological polar surface area (TPSA) is 55.6 Å². The van der Waals surface area contributed by atoms with Crippen molar-refractivity contribution in [2.24, 2.45) is 0 Å². The van der Waals surface area contributed by atoms with E-state index in [0.717, 1.165) is 11.3 Å². The third-order valence-corrected chi connectivity index (χ3v) is 3.90. The number of amides is 1. The molecule has 0 fully saturated rings. The summed E-state index contributed by atoms with van der Waals surface area (Å²) in [6.45, 7) is 2.07. The molecule has 0 bridgehead atoms. The van der Waals surface area contributed by atoms with E-state index in [9.17, 15) is 4.79 Å². The second-order valence-electron chi connectivity index (χ2n) is 4.96. The summed E-state index contributed by atoms with van der Waals surface area (Å²) in [6, 6.07) is 12.8. The molecule has 0 radical (unpaired) electrons. The van der Waals surface area contributed by atoms with E-state index in [2.05, 4.69) is 0 Å². The van der Waals surface area contributed by atoms with Gasteiger partial charge in [0.1, 0.15) is 5.75 Å². The summed E-state index contributed by atoms with van der Waals surface area (Å²) in [5.41, 5.74) is 8.04. The first-order valence-electron chi connectivity index (χ1n) is 6.68. The van der Waals surface area contributed by atoms with Gasteiger partial charge in [-0.25, -0.2) is 0 Å². The summed E-state index contributed by atoms with van der Waals surface area (Å²) >= 11 is 6.21. The van der Waals surface area contributed by atoms with E-state index in [1.54, 1.807) is 30.0 Å². The Balaban J connectivity index is 2.03. The van der Waals surface area contributed by atoms with Gasteiger partial charge in [-0.2, -0.15) is 0 Å². The van der Waals surface area contributed by atoms with Crippen LogP contribution in [0.4, 0.5) is 11.4 Å². The van der Waals surface area contributed by atoms with Crippen LogP contribution in [0.1, 0.15) is 12.5 Å². The number of hydrogen-bond acceptors (Lipinski definition) is 3. The molecule has 1 atom stereocenters. The van der Waals surface area contributed by atoms with E-state index < -0.39 is 6.10 Å². The van der Waals surface area contributed by atoms with Crippen molar-refractivity contribution in [3.8, 4) is 5.75 Å². The Morgan fingerprint density at radius 2 is 2.00 bits per heavy atom. The molecular weight excluding hydrogens is 288 g/mol. The van der Waals surface area contributed by atoms with Crippen molar-refractivity contribution in [1.82, 2.24) is 0 Å².